The molecule has 158 valence electrons. The molecule has 31 heavy (non-hydrogen) atoms. The number of hydrogen-bond donors (Lipinski definition) is 3. The number of H-pyrrole nitrogens is 2. The van der Waals surface area contributed by atoms with Crippen molar-refractivity contribution in [1.29, 1.82) is 0 Å². The first-order valence-corrected chi connectivity index (χ1v) is 10.7. The number of aromatic amines is 2. The number of nitro benzene ring substituents is 1. The second-order valence-electron chi connectivity index (χ2n) is 7.58. The Morgan fingerprint density at radius 1 is 1.16 bits per heavy atom. The van der Waals surface area contributed by atoms with Crippen LogP contribution in [-0.2, 0) is 0 Å². The van der Waals surface area contributed by atoms with Crippen molar-refractivity contribution < 1.29 is 9.66 Å². The molecule has 0 spiro atoms. The highest BCUT2D eigenvalue weighted by atomic mass is 32.1. The Morgan fingerprint density at radius 3 is 2.81 bits per heavy atom. The van der Waals surface area contributed by atoms with Crippen LogP contribution in [0.5, 0.6) is 5.75 Å². The Morgan fingerprint density at radius 2 is 2.00 bits per heavy atom. The van der Waals surface area contributed by atoms with E-state index in [1.54, 1.807) is 12.1 Å². The Kier molecular flexibility index (Phi) is 4.91. The lowest BCUT2D eigenvalue weighted by molar-refractivity contribution is -0.384. The fraction of sp³-hybridized carbons (Fsp3) is 0.238. The lowest BCUT2D eigenvalue weighted by atomic mass is 10.0. The van der Waals surface area contributed by atoms with Crippen molar-refractivity contribution in [3.8, 4) is 5.75 Å². The molecule has 3 N–H and O–H groups in total. The van der Waals surface area contributed by atoms with E-state index in [0.717, 1.165) is 35.3 Å². The fourth-order valence-electron chi connectivity index (χ4n) is 3.96. The third-order valence-corrected chi connectivity index (χ3v) is 6.39. The van der Waals surface area contributed by atoms with Crippen molar-refractivity contribution in [2.45, 2.75) is 31.3 Å². The van der Waals surface area contributed by atoms with Gasteiger partial charge in [-0.25, -0.2) is 0 Å². The van der Waals surface area contributed by atoms with Gasteiger partial charge in [0.05, 0.1) is 21.1 Å². The van der Waals surface area contributed by atoms with Gasteiger partial charge < -0.3 is 10.1 Å². The normalized spacial score (nSPS) is 18.3. The minimum Gasteiger partial charge on any atom is -0.490 e. The van der Waals surface area contributed by atoms with Crippen LogP contribution in [0, 0.1) is 10.1 Å². The lowest BCUT2D eigenvalue weighted by Crippen LogP contribution is -2.12. The molecule has 10 heteroatoms. The predicted molar refractivity (Wildman–Crippen MR) is 118 cm³/mol. The van der Waals surface area contributed by atoms with Gasteiger partial charge in [-0.2, -0.15) is 5.10 Å². The fourth-order valence-corrected chi connectivity index (χ4v) is 4.67. The van der Waals surface area contributed by atoms with Crippen molar-refractivity contribution in [2.24, 2.45) is 0 Å². The molecule has 2 aromatic heterocycles. The van der Waals surface area contributed by atoms with Gasteiger partial charge in [0.1, 0.15) is 5.75 Å². The molecule has 2 heterocycles. The van der Waals surface area contributed by atoms with Crippen molar-refractivity contribution in [1.82, 2.24) is 14.6 Å². The highest BCUT2D eigenvalue weighted by Gasteiger charge is 2.29. The van der Waals surface area contributed by atoms with E-state index in [1.165, 1.54) is 23.7 Å². The largest absolute Gasteiger partial charge is 0.490 e. The SMILES string of the molecule is O=c1[nH]sc2ccc(Nc3cc(C4CCC(Oc5ccc([N+](=O)[O-])cc5)C4)[nH]n3)cc12. The molecule has 1 aliphatic rings. The van der Waals surface area contributed by atoms with Gasteiger partial charge in [-0.3, -0.25) is 24.4 Å². The van der Waals surface area contributed by atoms with Crippen LogP contribution in [0.3, 0.4) is 0 Å². The number of aromatic nitrogens is 3. The van der Waals surface area contributed by atoms with Crippen LogP contribution in [0.15, 0.2) is 53.3 Å². The highest BCUT2D eigenvalue weighted by molar-refractivity contribution is 7.13. The summed E-state index contributed by atoms with van der Waals surface area (Å²) < 4.78 is 9.66. The molecule has 1 saturated carbocycles. The van der Waals surface area contributed by atoms with Gasteiger partial charge in [0.2, 0.25) is 0 Å². The molecule has 2 atom stereocenters. The molecule has 0 radical (unpaired) electrons. The molecule has 1 aliphatic carbocycles. The van der Waals surface area contributed by atoms with Crippen molar-refractivity contribution in [3.05, 3.63) is 74.7 Å². The van der Waals surface area contributed by atoms with Crippen LogP contribution in [-0.4, -0.2) is 25.6 Å². The van der Waals surface area contributed by atoms with Gasteiger partial charge in [0.25, 0.3) is 11.2 Å². The molecule has 2 unspecified atom stereocenters. The van der Waals surface area contributed by atoms with Crippen LogP contribution in [0.2, 0.25) is 0 Å². The maximum absolute atomic E-state index is 11.8. The summed E-state index contributed by atoms with van der Waals surface area (Å²) in [7, 11) is 0. The van der Waals surface area contributed by atoms with Crippen LogP contribution < -0.4 is 15.6 Å². The van der Waals surface area contributed by atoms with Crippen LogP contribution >= 0.6 is 11.5 Å². The number of rotatable bonds is 6. The summed E-state index contributed by atoms with van der Waals surface area (Å²) in [6.45, 7) is 0. The molecule has 0 bridgehead atoms. The lowest BCUT2D eigenvalue weighted by Gasteiger charge is -2.13. The van der Waals surface area contributed by atoms with Crippen LogP contribution in [0.25, 0.3) is 10.1 Å². The van der Waals surface area contributed by atoms with E-state index < -0.39 is 4.92 Å². The van der Waals surface area contributed by atoms with Crippen molar-refractivity contribution in [2.75, 3.05) is 5.32 Å². The number of nitrogens with zero attached hydrogens (tertiary/aromatic N) is 2. The van der Waals surface area contributed by atoms with E-state index in [1.807, 2.05) is 24.3 Å². The number of anilines is 2. The summed E-state index contributed by atoms with van der Waals surface area (Å²) in [6.07, 6.45) is 2.77. The number of fused-ring (bicyclic) bond motifs is 1. The minimum absolute atomic E-state index is 0.0527. The Balaban J connectivity index is 1.22. The number of benzene rings is 2. The van der Waals surface area contributed by atoms with E-state index in [-0.39, 0.29) is 17.4 Å². The smallest absolute Gasteiger partial charge is 0.269 e. The summed E-state index contributed by atoms with van der Waals surface area (Å²) in [5.74, 6) is 1.64. The highest BCUT2D eigenvalue weighted by Crippen LogP contribution is 2.37. The number of nitrogens with one attached hydrogen (secondary N) is 3. The zero-order chi connectivity index (χ0) is 21.4. The van der Waals surface area contributed by atoms with Crippen molar-refractivity contribution >= 4 is 38.8 Å². The maximum atomic E-state index is 11.8. The van der Waals surface area contributed by atoms with Gasteiger partial charge in [-0.05, 0) is 49.6 Å². The third-order valence-electron chi connectivity index (χ3n) is 5.52. The summed E-state index contributed by atoms with van der Waals surface area (Å²) >= 11 is 1.32. The molecule has 1 fully saturated rings. The van der Waals surface area contributed by atoms with Gasteiger partial charge in [-0.1, -0.05) is 11.5 Å². The second kappa shape index (κ2) is 7.88. The standard InChI is InChI=1S/C21H19N5O4S/c27-21-17-10-13(2-8-19(17)31-25-21)22-20-11-18(23-24-20)12-1-5-16(9-12)30-15-6-3-14(4-7-15)26(28)29/h2-4,6-8,10-12,16H,1,5,9H2,(H,25,27)(H2,22,23,24). The summed E-state index contributed by atoms with van der Waals surface area (Å²) in [5.41, 5.74) is 1.81. The predicted octanol–water partition coefficient (Wildman–Crippen LogP) is 4.68. The average Bonchev–Trinajstić information content (AvgIpc) is 3.50. The molecular formula is C21H19N5O4S. The Bertz CT molecular complexity index is 1290. The van der Waals surface area contributed by atoms with E-state index in [0.29, 0.717) is 22.9 Å². The zero-order valence-electron chi connectivity index (χ0n) is 16.3. The monoisotopic (exact) mass is 437 g/mol. The van der Waals surface area contributed by atoms with Gasteiger partial charge in [-0.15, -0.1) is 0 Å². The van der Waals surface area contributed by atoms with Crippen LogP contribution in [0.1, 0.15) is 30.9 Å². The Labute approximate surface area is 180 Å². The second-order valence-corrected chi connectivity index (χ2v) is 8.43. The number of hydrogen-bond acceptors (Lipinski definition) is 7. The molecule has 0 aliphatic heterocycles. The van der Waals surface area contributed by atoms with Gasteiger partial charge in [0.15, 0.2) is 5.82 Å². The number of nitro groups is 1. The molecule has 0 saturated heterocycles. The van der Waals surface area contributed by atoms with E-state index in [9.17, 15) is 14.9 Å². The molecular weight excluding hydrogens is 418 g/mol. The zero-order valence-corrected chi connectivity index (χ0v) is 17.1. The first-order valence-electron chi connectivity index (χ1n) is 9.90. The van der Waals surface area contributed by atoms with E-state index >= 15 is 0 Å². The molecule has 9 nitrogen and oxygen atoms in total. The number of non-ortho nitro benzene ring substituents is 1. The minimum atomic E-state index is -0.421. The Hall–Kier alpha value is -3.66. The summed E-state index contributed by atoms with van der Waals surface area (Å²) in [5, 5.41) is 22.1. The van der Waals surface area contributed by atoms with E-state index in [4.69, 9.17) is 4.74 Å². The molecule has 2 aromatic carbocycles. The van der Waals surface area contributed by atoms with Gasteiger partial charge in [0, 0.05) is 35.5 Å². The maximum Gasteiger partial charge on any atom is 0.269 e. The van der Waals surface area contributed by atoms with Gasteiger partial charge >= 0.3 is 0 Å². The topological polar surface area (TPSA) is 126 Å². The number of ether oxygens (including phenoxy) is 1. The van der Waals surface area contributed by atoms with E-state index in [2.05, 4.69) is 19.9 Å². The van der Waals surface area contributed by atoms with Crippen LogP contribution in [0.4, 0.5) is 17.2 Å². The first kappa shape index (κ1) is 19.3. The van der Waals surface area contributed by atoms with Crippen molar-refractivity contribution in [3.63, 3.8) is 0 Å². The molecule has 4 aromatic rings. The summed E-state index contributed by atoms with van der Waals surface area (Å²) in [4.78, 5) is 22.2. The quantitative estimate of drug-likeness (QED) is 0.297. The third kappa shape index (κ3) is 4.02. The average molecular weight is 437 g/mol. The first-order chi connectivity index (χ1) is 15.0. The molecule has 5 rings (SSSR count). The summed E-state index contributed by atoms with van der Waals surface area (Å²) in [6, 6.07) is 13.8. The molecule has 0 amide bonds.